The van der Waals surface area contributed by atoms with Crippen molar-refractivity contribution in [1.29, 1.82) is 0 Å². The zero-order valence-corrected chi connectivity index (χ0v) is 15.7. The van der Waals surface area contributed by atoms with Crippen molar-refractivity contribution in [2.24, 2.45) is 0 Å². The molecule has 128 valence electrons. The van der Waals surface area contributed by atoms with Gasteiger partial charge in [0.1, 0.15) is 5.60 Å². The van der Waals surface area contributed by atoms with Crippen LogP contribution < -0.4 is 0 Å². The smallest absolute Gasteiger partial charge is 0.410 e. The number of hydrogen-bond donors (Lipinski definition) is 0. The van der Waals surface area contributed by atoms with Gasteiger partial charge in [0.2, 0.25) is 0 Å². The Morgan fingerprint density at radius 2 is 2.04 bits per heavy atom. The van der Waals surface area contributed by atoms with Crippen molar-refractivity contribution in [3.05, 3.63) is 22.6 Å². The summed E-state index contributed by atoms with van der Waals surface area (Å²) in [6.07, 6.45) is 2.64. The number of amides is 1. The standard InChI is InChI=1S/C17H24BrNO4/c1-11-6-5-7-12(19(11)16(21)23-17(2,3)4)10-13(20)14-8-9-15(18)22-14/h8-9,11-12H,5-7,10H2,1-4H3. The highest BCUT2D eigenvalue weighted by Gasteiger charge is 2.36. The number of piperidine rings is 1. The molecule has 1 saturated heterocycles. The lowest BCUT2D eigenvalue weighted by molar-refractivity contribution is -0.00318. The molecule has 1 aliphatic heterocycles. The second kappa shape index (κ2) is 7.07. The SMILES string of the molecule is CC1CCCC(CC(=O)c2ccc(Br)o2)N1C(=O)OC(C)(C)C. The summed E-state index contributed by atoms with van der Waals surface area (Å²) in [5.74, 6) is 0.225. The van der Waals surface area contributed by atoms with Gasteiger partial charge in [-0.2, -0.15) is 0 Å². The van der Waals surface area contributed by atoms with E-state index in [2.05, 4.69) is 15.9 Å². The Bertz CT molecular complexity index is 575. The van der Waals surface area contributed by atoms with Crippen molar-refractivity contribution < 1.29 is 18.7 Å². The van der Waals surface area contributed by atoms with Crippen LogP contribution in [0.5, 0.6) is 0 Å². The number of hydrogen-bond acceptors (Lipinski definition) is 4. The van der Waals surface area contributed by atoms with Gasteiger partial charge in [-0.05, 0) is 75.0 Å². The number of furan rings is 1. The second-order valence-corrected chi connectivity index (χ2v) is 7.83. The molecule has 0 bridgehead atoms. The Labute approximate surface area is 145 Å². The average molecular weight is 386 g/mol. The maximum absolute atomic E-state index is 12.5. The van der Waals surface area contributed by atoms with E-state index < -0.39 is 5.60 Å². The zero-order chi connectivity index (χ0) is 17.2. The molecule has 0 spiro atoms. The summed E-state index contributed by atoms with van der Waals surface area (Å²) in [4.78, 5) is 26.6. The van der Waals surface area contributed by atoms with Gasteiger partial charge in [-0.15, -0.1) is 0 Å². The van der Waals surface area contributed by atoms with Gasteiger partial charge in [-0.3, -0.25) is 4.79 Å². The molecule has 0 N–H and O–H groups in total. The molecule has 1 aromatic heterocycles. The Kier molecular flexibility index (Phi) is 5.55. The highest BCUT2D eigenvalue weighted by molar-refractivity contribution is 9.10. The van der Waals surface area contributed by atoms with Crippen LogP contribution in [-0.4, -0.2) is 34.5 Å². The summed E-state index contributed by atoms with van der Waals surface area (Å²) in [6, 6.07) is 3.27. The lowest BCUT2D eigenvalue weighted by atomic mass is 9.93. The third kappa shape index (κ3) is 4.83. The minimum Gasteiger partial charge on any atom is -0.446 e. The molecular weight excluding hydrogens is 362 g/mol. The molecule has 1 fully saturated rings. The minimum absolute atomic E-state index is 0.0692. The van der Waals surface area contributed by atoms with Crippen LogP contribution in [0.2, 0.25) is 0 Å². The van der Waals surface area contributed by atoms with Gasteiger partial charge in [0.25, 0.3) is 0 Å². The van der Waals surface area contributed by atoms with Gasteiger partial charge in [0.05, 0.1) is 0 Å². The molecule has 2 atom stereocenters. The molecule has 2 unspecified atom stereocenters. The first kappa shape index (κ1) is 18.0. The van der Waals surface area contributed by atoms with Crippen LogP contribution in [0.3, 0.4) is 0 Å². The van der Waals surface area contributed by atoms with E-state index in [9.17, 15) is 9.59 Å². The molecular formula is C17H24BrNO4. The van der Waals surface area contributed by atoms with Crippen molar-refractivity contribution >= 4 is 27.8 Å². The normalized spacial score (nSPS) is 22.0. The number of ketones is 1. The summed E-state index contributed by atoms with van der Waals surface area (Å²) >= 11 is 3.20. The summed E-state index contributed by atoms with van der Waals surface area (Å²) in [7, 11) is 0. The molecule has 1 aromatic rings. The molecule has 2 rings (SSSR count). The maximum atomic E-state index is 12.5. The number of carbonyl (C=O) groups excluding carboxylic acids is 2. The maximum Gasteiger partial charge on any atom is 0.410 e. The quantitative estimate of drug-likeness (QED) is 0.701. The zero-order valence-electron chi connectivity index (χ0n) is 14.1. The van der Waals surface area contributed by atoms with Gasteiger partial charge in [-0.25, -0.2) is 4.79 Å². The molecule has 23 heavy (non-hydrogen) atoms. The predicted molar refractivity (Wildman–Crippen MR) is 90.5 cm³/mol. The van der Waals surface area contributed by atoms with E-state index in [1.165, 1.54) is 0 Å². The van der Waals surface area contributed by atoms with Gasteiger partial charge >= 0.3 is 6.09 Å². The van der Waals surface area contributed by atoms with E-state index >= 15 is 0 Å². The summed E-state index contributed by atoms with van der Waals surface area (Å²) < 4.78 is 11.4. The average Bonchev–Trinajstić information content (AvgIpc) is 2.83. The Balaban J connectivity index is 2.10. The van der Waals surface area contributed by atoms with E-state index in [-0.39, 0.29) is 30.4 Å². The number of halogens is 1. The third-order valence-electron chi connectivity index (χ3n) is 3.90. The van der Waals surface area contributed by atoms with Crippen LogP contribution in [-0.2, 0) is 4.74 Å². The van der Waals surface area contributed by atoms with E-state index in [1.807, 2.05) is 27.7 Å². The number of ether oxygens (including phenoxy) is 1. The van der Waals surface area contributed by atoms with Gasteiger partial charge in [0.15, 0.2) is 16.2 Å². The van der Waals surface area contributed by atoms with Crippen LogP contribution in [0.25, 0.3) is 0 Å². The third-order valence-corrected chi connectivity index (χ3v) is 4.33. The molecule has 1 amide bonds. The van der Waals surface area contributed by atoms with Crippen LogP contribution in [0.15, 0.2) is 21.2 Å². The van der Waals surface area contributed by atoms with Crippen molar-refractivity contribution in [3.8, 4) is 0 Å². The largest absolute Gasteiger partial charge is 0.446 e. The van der Waals surface area contributed by atoms with Crippen LogP contribution >= 0.6 is 15.9 Å². The Hall–Kier alpha value is -1.30. The number of carbonyl (C=O) groups is 2. The summed E-state index contributed by atoms with van der Waals surface area (Å²) in [5.41, 5.74) is -0.547. The van der Waals surface area contributed by atoms with Crippen molar-refractivity contribution in [3.63, 3.8) is 0 Å². The van der Waals surface area contributed by atoms with Crippen LogP contribution in [0.4, 0.5) is 4.79 Å². The molecule has 2 heterocycles. The fraction of sp³-hybridized carbons (Fsp3) is 0.647. The Morgan fingerprint density at radius 3 is 2.61 bits per heavy atom. The highest BCUT2D eigenvalue weighted by Crippen LogP contribution is 2.28. The van der Waals surface area contributed by atoms with E-state index in [0.29, 0.717) is 10.4 Å². The first-order valence-electron chi connectivity index (χ1n) is 7.97. The van der Waals surface area contributed by atoms with Crippen molar-refractivity contribution in [2.75, 3.05) is 0 Å². The lowest BCUT2D eigenvalue weighted by Gasteiger charge is -2.40. The fourth-order valence-electron chi connectivity index (χ4n) is 2.91. The van der Waals surface area contributed by atoms with Gasteiger partial charge < -0.3 is 14.1 Å². The van der Waals surface area contributed by atoms with E-state index in [4.69, 9.17) is 9.15 Å². The van der Waals surface area contributed by atoms with Crippen LogP contribution in [0.1, 0.15) is 63.9 Å². The highest BCUT2D eigenvalue weighted by atomic mass is 79.9. The molecule has 0 aromatic carbocycles. The molecule has 6 heteroatoms. The number of nitrogens with zero attached hydrogens (tertiary/aromatic N) is 1. The monoisotopic (exact) mass is 385 g/mol. The first-order chi connectivity index (χ1) is 10.7. The number of likely N-dealkylation sites (tertiary alicyclic amines) is 1. The fourth-order valence-corrected chi connectivity index (χ4v) is 3.22. The molecule has 1 aliphatic rings. The van der Waals surface area contributed by atoms with Gasteiger partial charge in [0, 0.05) is 18.5 Å². The lowest BCUT2D eigenvalue weighted by Crippen LogP contribution is -2.51. The summed E-state index contributed by atoms with van der Waals surface area (Å²) in [5, 5.41) is 0. The number of rotatable bonds is 3. The molecule has 0 radical (unpaired) electrons. The van der Waals surface area contributed by atoms with Gasteiger partial charge in [-0.1, -0.05) is 0 Å². The number of Topliss-reactive ketones (excluding diaryl/α,β-unsaturated/α-hetero) is 1. The summed E-state index contributed by atoms with van der Waals surface area (Å²) in [6.45, 7) is 7.55. The van der Waals surface area contributed by atoms with Crippen LogP contribution in [0, 0.1) is 0 Å². The van der Waals surface area contributed by atoms with E-state index in [0.717, 1.165) is 19.3 Å². The molecule has 0 saturated carbocycles. The molecule has 0 aliphatic carbocycles. The van der Waals surface area contributed by atoms with Crippen molar-refractivity contribution in [1.82, 2.24) is 4.90 Å². The predicted octanol–water partition coefficient (Wildman–Crippen LogP) is 4.79. The van der Waals surface area contributed by atoms with Crippen molar-refractivity contribution in [2.45, 2.75) is 71.1 Å². The van der Waals surface area contributed by atoms with E-state index in [1.54, 1.807) is 17.0 Å². The topological polar surface area (TPSA) is 59.8 Å². The molecule has 5 nitrogen and oxygen atoms in total. The second-order valence-electron chi connectivity index (χ2n) is 7.05. The Morgan fingerprint density at radius 1 is 1.35 bits per heavy atom. The minimum atomic E-state index is -0.547. The first-order valence-corrected chi connectivity index (χ1v) is 8.76.